The Balaban J connectivity index is 1.68. The highest BCUT2D eigenvalue weighted by Gasteiger charge is 2.08. The van der Waals surface area contributed by atoms with E-state index in [4.69, 9.17) is 4.99 Å². The van der Waals surface area contributed by atoms with E-state index in [1.54, 1.807) is 23.1 Å². The number of thioether (sulfide) groups is 1. The van der Waals surface area contributed by atoms with Gasteiger partial charge in [-0.2, -0.15) is 0 Å². The minimum Gasteiger partial charge on any atom is -0.357 e. The summed E-state index contributed by atoms with van der Waals surface area (Å²) in [5.41, 5.74) is 2.26. The summed E-state index contributed by atoms with van der Waals surface area (Å²) in [4.78, 5) is 13.8. The molecule has 0 aliphatic rings. The fourth-order valence-electron chi connectivity index (χ4n) is 2.56. The molecule has 1 aromatic carbocycles. The molecule has 2 aromatic heterocycles. The summed E-state index contributed by atoms with van der Waals surface area (Å²) in [6, 6.07) is 8.68. The van der Waals surface area contributed by atoms with Gasteiger partial charge in [-0.05, 0) is 30.9 Å². The molecule has 0 radical (unpaired) electrons. The van der Waals surface area contributed by atoms with Gasteiger partial charge in [-0.15, -0.1) is 23.1 Å². The van der Waals surface area contributed by atoms with Gasteiger partial charge >= 0.3 is 0 Å². The molecule has 7 heteroatoms. The lowest BCUT2D eigenvalue weighted by molar-refractivity contribution is 0.476. The van der Waals surface area contributed by atoms with Gasteiger partial charge in [0.15, 0.2) is 10.9 Å². The second kappa shape index (κ2) is 8.40. The van der Waals surface area contributed by atoms with Gasteiger partial charge in [0, 0.05) is 42.8 Å². The third kappa shape index (κ3) is 4.55. The SMILES string of the molecule is CCNC(=NCc1cn2ccsc2n1)N(C)Cc1ccc(SC)cc1. The summed E-state index contributed by atoms with van der Waals surface area (Å²) in [6.45, 7) is 4.32. The Morgan fingerprint density at radius 2 is 2.16 bits per heavy atom. The lowest BCUT2D eigenvalue weighted by Crippen LogP contribution is -2.38. The van der Waals surface area contributed by atoms with Crippen LogP contribution in [0.2, 0.25) is 0 Å². The van der Waals surface area contributed by atoms with E-state index in [-0.39, 0.29) is 0 Å². The summed E-state index contributed by atoms with van der Waals surface area (Å²) in [6.07, 6.45) is 6.16. The van der Waals surface area contributed by atoms with Crippen molar-refractivity contribution in [1.82, 2.24) is 19.6 Å². The molecule has 2 heterocycles. The molecule has 132 valence electrons. The van der Waals surface area contributed by atoms with E-state index >= 15 is 0 Å². The van der Waals surface area contributed by atoms with Crippen LogP contribution in [0.3, 0.4) is 0 Å². The Labute approximate surface area is 156 Å². The van der Waals surface area contributed by atoms with Crippen LogP contribution in [0.4, 0.5) is 0 Å². The molecule has 0 atom stereocenters. The molecule has 3 aromatic rings. The number of guanidine groups is 1. The number of rotatable bonds is 6. The van der Waals surface area contributed by atoms with Crippen LogP contribution in [-0.2, 0) is 13.1 Å². The van der Waals surface area contributed by atoms with Crippen molar-refractivity contribution in [2.45, 2.75) is 24.9 Å². The van der Waals surface area contributed by atoms with Crippen LogP contribution < -0.4 is 5.32 Å². The number of aromatic nitrogens is 2. The van der Waals surface area contributed by atoms with E-state index in [1.807, 2.05) is 22.2 Å². The maximum Gasteiger partial charge on any atom is 0.194 e. The monoisotopic (exact) mass is 373 g/mol. The van der Waals surface area contributed by atoms with E-state index < -0.39 is 0 Å². The van der Waals surface area contributed by atoms with Crippen LogP contribution in [0, 0.1) is 0 Å². The van der Waals surface area contributed by atoms with Gasteiger partial charge in [0.2, 0.25) is 0 Å². The van der Waals surface area contributed by atoms with Crippen LogP contribution in [0.15, 0.2) is 51.9 Å². The highest BCUT2D eigenvalue weighted by molar-refractivity contribution is 7.98. The molecule has 25 heavy (non-hydrogen) atoms. The molecular weight excluding hydrogens is 350 g/mol. The summed E-state index contributed by atoms with van der Waals surface area (Å²) in [7, 11) is 2.07. The van der Waals surface area contributed by atoms with Gasteiger partial charge in [-0.3, -0.25) is 4.40 Å². The number of nitrogens with zero attached hydrogens (tertiary/aromatic N) is 4. The highest BCUT2D eigenvalue weighted by Crippen LogP contribution is 2.16. The molecule has 0 spiro atoms. The number of thiazole rings is 1. The molecular formula is C18H23N5S2. The average Bonchev–Trinajstić information content (AvgIpc) is 3.20. The number of hydrogen-bond acceptors (Lipinski definition) is 4. The third-order valence-corrected chi connectivity index (χ3v) is 5.32. The predicted molar refractivity (Wildman–Crippen MR) is 108 cm³/mol. The lowest BCUT2D eigenvalue weighted by Gasteiger charge is -2.22. The number of imidazole rings is 1. The van der Waals surface area contributed by atoms with Crippen LogP contribution in [0.1, 0.15) is 18.2 Å². The fourth-order valence-corrected chi connectivity index (χ4v) is 3.68. The largest absolute Gasteiger partial charge is 0.357 e. The topological polar surface area (TPSA) is 44.9 Å². The maximum atomic E-state index is 4.74. The van der Waals surface area contributed by atoms with E-state index in [2.05, 4.69) is 59.7 Å². The zero-order valence-corrected chi connectivity index (χ0v) is 16.4. The average molecular weight is 374 g/mol. The first-order valence-corrected chi connectivity index (χ1v) is 10.3. The van der Waals surface area contributed by atoms with Crippen molar-refractivity contribution in [2.75, 3.05) is 19.8 Å². The van der Waals surface area contributed by atoms with Gasteiger partial charge < -0.3 is 10.2 Å². The Morgan fingerprint density at radius 1 is 1.36 bits per heavy atom. The maximum absolute atomic E-state index is 4.74. The van der Waals surface area contributed by atoms with Gasteiger partial charge in [0.25, 0.3) is 0 Å². The Morgan fingerprint density at radius 3 is 2.84 bits per heavy atom. The second-order valence-corrected chi connectivity index (χ2v) is 7.45. The summed E-state index contributed by atoms with van der Waals surface area (Å²) < 4.78 is 2.04. The van der Waals surface area contributed by atoms with Gasteiger partial charge in [-0.1, -0.05) is 12.1 Å². The van der Waals surface area contributed by atoms with Gasteiger partial charge in [0.05, 0.1) is 12.2 Å². The van der Waals surface area contributed by atoms with Gasteiger partial charge in [-0.25, -0.2) is 9.98 Å². The molecule has 0 aliphatic heterocycles. The summed E-state index contributed by atoms with van der Waals surface area (Å²) in [5.74, 6) is 0.896. The number of nitrogens with one attached hydrogen (secondary N) is 1. The van der Waals surface area contributed by atoms with Crippen molar-refractivity contribution in [3.8, 4) is 0 Å². The van der Waals surface area contributed by atoms with Crippen LogP contribution in [0.25, 0.3) is 4.96 Å². The molecule has 3 rings (SSSR count). The molecule has 0 aliphatic carbocycles. The first-order valence-electron chi connectivity index (χ1n) is 8.23. The Hall–Kier alpha value is -1.99. The minimum atomic E-state index is 0.576. The quantitative estimate of drug-likeness (QED) is 0.406. The molecule has 0 saturated carbocycles. The normalized spacial score (nSPS) is 11.9. The molecule has 1 N–H and O–H groups in total. The molecule has 0 saturated heterocycles. The van der Waals surface area contributed by atoms with Crippen LogP contribution >= 0.6 is 23.1 Å². The van der Waals surface area contributed by atoms with Crippen molar-refractivity contribution in [3.05, 3.63) is 53.3 Å². The molecule has 0 bridgehead atoms. The zero-order valence-electron chi connectivity index (χ0n) is 14.8. The standard InChI is InChI=1S/C18H23N5S2/c1-4-19-17(20-11-15-13-23-9-10-25-18(23)21-15)22(2)12-14-5-7-16(24-3)8-6-14/h5-10,13H,4,11-12H2,1-3H3,(H,19,20). The van der Waals surface area contributed by atoms with E-state index in [0.29, 0.717) is 6.54 Å². The molecule has 0 unspecified atom stereocenters. The van der Waals surface area contributed by atoms with Crippen molar-refractivity contribution in [3.63, 3.8) is 0 Å². The number of fused-ring (bicyclic) bond motifs is 1. The number of benzene rings is 1. The second-order valence-electron chi connectivity index (χ2n) is 5.70. The highest BCUT2D eigenvalue weighted by atomic mass is 32.2. The predicted octanol–water partition coefficient (Wildman–Crippen LogP) is 3.72. The Bertz CT molecular complexity index is 806. The third-order valence-electron chi connectivity index (χ3n) is 3.81. The van der Waals surface area contributed by atoms with Crippen molar-refractivity contribution in [2.24, 2.45) is 4.99 Å². The number of hydrogen-bond donors (Lipinski definition) is 1. The molecule has 5 nitrogen and oxygen atoms in total. The van der Waals surface area contributed by atoms with Crippen molar-refractivity contribution in [1.29, 1.82) is 0 Å². The van der Waals surface area contributed by atoms with Crippen molar-refractivity contribution >= 4 is 34.0 Å². The lowest BCUT2D eigenvalue weighted by atomic mass is 10.2. The fraction of sp³-hybridized carbons (Fsp3) is 0.333. The number of aliphatic imine (C=N–C) groups is 1. The summed E-state index contributed by atoms with van der Waals surface area (Å²) >= 11 is 3.40. The van der Waals surface area contributed by atoms with Crippen molar-refractivity contribution < 1.29 is 0 Å². The van der Waals surface area contributed by atoms with E-state index in [0.717, 1.165) is 29.7 Å². The Kier molecular flexibility index (Phi) is 5.99. The van der Waals surface area contributed by atoms with Crippen LogP contribution in [-0.4, -0.2) is 40.1 Å². The zero-order chi connectivity index (χ0) is 17.6. The van der Waals surface area contributed by atoms with E-state index in [9.17, 15) is 0 Å². The summed E-state index contributed by atoms with van der Waals surface area (Å²) in [5, 5.41) is 5.40. The molecule has 0 amide bonds. The minimum absolute atomic E-state index is 0.576. The van der Waals surface area contributed by atoms with E-state index in [1.165, 1.54) is 10.5 Å². The van der Waals surface area contributed by atoms with Crippen LogP contribution in [0.5, 0.6) is 0 Å². The smallest absolute Gasteiger partial charge is 0.194 e. The van der Waals surface area contributed by atoms with Gasteiger partial charge in [0.1, 0.15) is 0 Å². The first-order chi connectivity index (χ1) is 12.2. The molecule has 0 fully saturated rings. The first kappa shape index (κ1) is 17.8.